The summed E-state index contributed by atoms with van der Waals surface area (Å²) in [5.41, 5.74) is 1.28. The first-order valence-electron chi connectivity index (χ1n) is 4.89. The topological polar surface area (TPSA) is 0 Å². The van der Waals surface area contributed by atoms with Crippen LogP contribution in [0.15, 0.2) is 34.8 Å². The molecule has 0 spiro atoms. The predicted molar refractivity (Wildman–Crippen MR) is 71.3 cm³/mol. The van der Waals surface area contributed by atoms with E-state index in [0.717, 1.165) is 4.47 Å². The molecule has 0 unspecified atom stereocenters. The Hall–Kier alpha value is -0.343. The van der Waals surface area contributed by atoms with E-state index >= 15 is 0 Å². The van der Waals surface area contributed by atoms with Crippen molar-refractivity contribution in [2.24, 2.45) is 0 Å². The summed E-state index contributed by atoms with van der Waals surface area (Å²) in [6.45, 7) is 7.16. The van der Waals surface area contributed by atoms with E-state index in [-0.39, 0.29) is 0 Å². The molecule has 0 saturated heterocycles. The molecule has 1 rings (SSSR count). The van der Waals surface area contributed by atoms with E-state index in [2.05, 4.69) is 72.0 Å². The van der Waals surface area contributed by atoms with Crippen molar-refractivity contribution in [3.8, 4) is 0 Å². The minimum atomic E-state index is -0.918. The van der Waals surface area contributed by atoms with Gasteiger partial charge in [-0.25, -0.2) is 0 Å². The molecule has 0 radical (unpaired) electrons. The van der Waals surface area contributed by atoms with E-state index in [1.807, 2.05) is 0 Å². The lowest BCUT2D eigenvalue weighted by Crippen LogP contribution is -2.17. The number of hydrogen-bond acceptors (Lipinski definition) is 0. The molecular formula is C12H17BrSi. The summed E-state index contributed by atoms with van der Waals surface area (Å²) in [6, 6.07) is 9.67. The average Bonchev–Trinajstić information content (AvgIpc) is 2.06. The lowest BCUT2D eigenvalue weighted by molar-refractivity contribution is 1.51. The van der Waals surface area contributed by atoms with Crippen LogP contribution < -0.4 is 0 Å². The molecule has 0 aromatic heterocycles. The van der Waals surface area contributed by atoms with Crippen molar-refractivity contribution >= 4 is 30.1 Å². The van der Waals surface area contributed by atoms with Gasteiger partial charge in [0.15, 0.2) is 0 Å². The fourth-order valence-electron chi connectivity index (χ4n) is 1.12. The Kier molecular flexibility index (Phi) is 4.14. The quantitative estimate of drug-likeness (QED) is 0.691. The van der Waals surface area contributed by atoms with Crippen LogP contribution in [0.5, 0.6) is 0 Å². The van der Waals surface area contributed by atoms with Gasteiger partial charge in [-0.2, -0.15) is 0 Å². The van der Waals surface area contributed by atoms with Crippen molar-refractivity contribution in [2.45, 2.75) is 25.7 Å². The second-order valence-corrected chi connectivity index (χ2v) is 11.2. The summed E-state index contributed by atoms with van der Waals surface area (Å²) >= 11 is 3.43. The predicted octanol–water partition coefficient (Wildman–Crippen LogP) is 4.80. The molecule has 0 aliphatic carbocycles. The van der Waals surface area contributed by atoms with Crippen LogP contribution in [0.3, 0.4) is 0 Å². The average molecular weight is 269 g/mol. The lowest BCUT2D eigenvalue weighted by atomic mass is 10.2. The van der Waals surface area contributed by atoms with Gasteiger partial charge in [-0.1, -0.05) is 59.9 Å². The highest BCUT2D eigenvalue weighted by atomic mass is 79.9. The maximum atomic E-state index is 3.43. The van der Waals surface area contributed by atoms with Gasteiger partial charge in [-0.3, -0.25) is 0 Å². The highest BCUT2D eigenvalue weighted by molar-refractivity contribution is 9.10. The third-order valence-corrected chi connectivity index (χ3v) is 3.90. The third-order valence-electron chi connectivity index (χ3n) is 1.91. The van der Waals surface area contributed by atoms with Crippen molar-refractivity contribution in [1.82, 2.24) is 0 Å². The summed E-state index contributed by atoms with van der Waals surface area (Å²) in [7, 11) is -0.918. The van der Waals surface area contributed by atoms with E-state index in [0.29, 0.717) is 0 Å². The van der Waals surface area contributed by atoms with Gasteiger partial charge in [-0.15, -0.1) is 0 Å². The van der Waals surface area contributed by atoms with Crippen molar-refractivity contribution < 1.29 is 0 Å². The Morgan fingerprint density at radius 3 is 2.21 bits per heavy atom. The van der Waals surface area contributed by atoms with Crippen LogP contribution in [0.25, 0.3) is 6.08 Å². The van der Waals surface area contributed by atoms with E-state index in [1.54, 1.807) is 0 Å². The molecule has 2 heteroatoms. The van der Waals surface area contributed by atoms with Gasteiger partial charge in [0.05, 0.1) is 0 Å². The number of rotatable bonds is 3. The first kappa shape index (κ1) is 11.7. The fraction of sp³-hybridized carbons (Fsp3) is 0.333. The highest BCUT2D eigenvalue weighted by Gasteiger charge is 2.09. The number of allylic oxidation sites excluding steroid dienone is 1. The van der Waals surface area contributed by atoms with Crippen LogP contribution in [0, 0.1) is 0 Å². The van der Waals surface area contributed by atoms with Crippen molar-refractivity contribution in [2.75, 3.05) is 0 Å². The van der Waals surface area contributed by atoms with Crippen LogP contribution in [0.2, 0.25) is 25.7 Å². The normalized spacial score (nSPS) is 12.3. The van der Waals surface area contributed by atoms with Gasteiger partial charge in [-0.05, 0) is 23.7 Å². The monoisotopic (exact) mass is 268 g/mol. The molecular weight excluding hydrogens is 252 g/mol. The zero-order chi connectivity index (χ0) is 10.6. The zero-order valence-corrected chi connectivity index (χ0v) is 11.6. The third kappa shape index (κ3) is 4.77. The molecule has 0 aliphatic rings. The van der Waals surface area contributed by atoms with Crippen LogP contribution in [0.1, 0.15) is 5.56 Å². The largest absolute Gasteiger partial charge is 0.0866 e. The maximum absolute atomic E-state index is 3.43. The first-order valence-corrected chi connectivity index (χ1v) is 9.39. The van der Waals surface area contributed by atoms with Crippen molar-refractivity contribution in [1.29, 1.82) is 0 Å². The molecule has 0 atom stereocenters. The minimum absolute atomic E-state index is 0.918. The number of halogens is 1. The van der Waals surface area contributed by atoms with Crippen LogP contribution in [0.4, 0.5) is 0 Å². The van der Waals surface area contributed by atoms with Gasteiger partial charge < -0.3 is 0 Å². The van der Waals surface area contributed by atoms with Gasteiger partial charge in [0, 0.05) is 12.5 Å². The molecule has 0 aliphatic heterocycles. The zero-order valence-electron chi connectivity index (χ0n) is 9.05. The van der Waals surface area contributed by atoms with Gasteiger partial charge in [0.25, 0.3) is 0 Å². The number of benzene rings is 1. The molecule has 0 saturated carbocycles. The fourth-order valence-corrected chi connectivity index (χ4v) is 2.21. The Bertz CT molecular complexity index is 306. The van der Waals surface area contributed by atoms with Crippen LogP contribution in [-0.2, 0) is 0 Å². The van der Waals surface area contributed by atoms with Crippen molar-refractivity contribution in [3.05, 3.63) is 40.4 Å². The van der Waals surface area contributed by atoms with Gasteiger partial charge >= 0.3 is 0 Å². The van der Waals surface area contributed by atoms with Gasteiger partial charge in [0.1, 0.15) is 0 Å². The molecule has 0 nitrogen and oxygen atoms in total. The lowest BCUT2D eigenvalue weighted by Gasteiger charge is -2.11. The molecule has 1 aromatic rings. The molecule has 0 N–H and O–H groups in total. The first-order chi connectivity index (χ1) is 6.47. The van der Waals surface area contributed by atoms with Crippen molar-refractivity contribution in [3.63, 3.8) is 0 Å². The van der Waals surface area contributed by atoms with Crippen LogP contribution >= 0.6 is 15.9 Å². The minimum Gasteiger partial charge on any atom is -0.0866 e. The summed E-state index contributed by atoms with van der Waals surface area (Å²) in [4.78, 5) is 0. The van der Waals surface area contributed by atoms with E-state index in [4.69, 9.17) is 0 Å². The molecule has 14 heavy (non-hydrogen) atoms. The summed E-state index contributed by atoms with van der Waals surface area (Å²) in [5, 5.41) is 0. The second kappa shape index (κ2) is 4.94. The summed E-state index contributed by atoms with van der Waals surface area (Å²) in [6.07, 6.45) is 4.51. The number of hydrogen-bond donors (Lipinski definition) is 0. The molecule has 76 valence electrons. The smallest absolute Gasteiger partial charge is 0.0480 e. The Morgan fingerprint density at radius 1 is 1.14 bits per heavy atom. The Labute approximate surface area is 96.2 Å². The summed E-state index contributed by atoms with van der Waals surface area (Å²) in [5.74, 6) is 0. The van der Waals surface area contributed by atoms with Gasteiger partial charge in [0.2, 0.25) is 0 Å². The van der Waals surface area contributed by atoms with E-state index in [9.17, 15) is 0 Å². The Balaban J connectivity index is 2.57. The second-order valence-electron chi connectivity index (χ2n) is 4.72. The Morgan fingerprint density at radius 2 is 1.71 bits per heavy atom. The standard InChI is InChI=1S/C12H17BrSi/c1-14(2,3)10-4-5-11-6-8-12(13)9-7-11/h4-9H,10H2,1-3H3/b5-4+. The molecule has 0 amide bonds. The van der Waals surface area contributed by atoms with E-state index < -0.39 is 8.07 Å². The highest BCUT2D eigenvalue weighted by Crippen LogP contribution is 2.14. The molecule has 1 aromatic carbocycles. The van der Waals surface area contributed by atoms with Crippen LogP contribution in [-0.4, -0.2) is 8.07 Å². The molecule has 0 bridgehead atoms. The molecule has 0 heterocycles. The van der Waals surface area contributed by atoms with E-state index in [1.165, 1.54) is 11.6 Å². The summed E-state index contributed by atoms with van der Waals surface area (Å²) < 4.78 is 1.14. The maximum Gasteiger partial charge on any atom is 0.0480 e. The molecule has 0 fully saturated rings. The SMILES string of the molecule is C[Si](C)(C)C/C=C/c1ccc(Br)cc1.